The SMILES string of the molecule is CC(C)(C)OC(=O)C12C=CC(NC=O)(CC1)CC2.COCc1ccccc1. The standard InChI is InChI=1S/C14H21NO3.C8H10O/c1-12(2,3)18-11(17)13-4-7-14(8-5-13,9-6-13)15-10-16;1-9-7-8-5-3-2-4-6-8/h4,7,10H,5-6,8-9H2,1-3H3,(H,15,16);2-6H,7H2,1H3. The second kappa shape index (κ2) is 8.70. The number of hydrogen-bond acceptors (Lipinski definition) is 4. The van der Waals surface area contributed by atoms with Gasteiger partial charge in [-0.2, -0.15) is 0 Å². The van der Waals surface area contributed by atoms with E-state index in [4.69, 9.17) is 9.47 Å². The lowest BCUT2D eigenvalue weighted by Crippen LogP contribution is -2.53. The van der Waals surface area contributed by atoms with Gasteiger partial charge in [0.05, 0.1) is 17.6 Å². The van der Waals surface area contributed by atoms with Crippen LogP contribution in [0.25, 0.3) is 0 Å². The molecule has 2 bridgehead atoms. The third-order valence-corrected chi connectivity index (χ3v) is 5.06. The summed E-state index contributed by atoms with van der Waals surface area (Å²) in [7, 11) is 1.70. The Balaban J connectivity index is 0.000000244. The predicted octanol–water partition coefficient (Wildman–Crippen LogP) is 3.78. The fourth-order valence-electron chi connectivity index (χ4n) is 3.50. The Bertz CT molecular complexity index is 653. The first-order valence-corrected chi connectivity index (χ1v) is 9.42. The number of methoxy groups -OCH3 is 1. The van der Waals surface area contributed by atoms with Gasteiger partial charge in [0.15, 0.2) is 0 Å². The molecule has 0 aliphatic heterocycles. The maximum Gasteiger partial charge on any atom is 0.316 e. The molecule has 0 aromatic heterocycles. The van der Waals surface area contributed by atoms with Gasteiger partial charge in [-0.05, 0) is 52.0 Å². The van der Waals surface area contributed by atoms with E-state index in [2.05, 4.69) is 5.32 Å². The quantitative estimate of drug-likeness (QED) is 0.485. The molecule has 3 aliphatic rings. The molecule has 4 rings (SSSR count). The number of ether oxygens (including phenoxy) is 2. The maximum absolute atomic E-state index is 12.3. The van der Waals surface area contributed by atoms with E-state index in [0.717, 1.165) is 32.1 Å². The van der Waals surface area contributed by atoms with Gasteiger partial charge in [-0.15, -0.1) is 0 Å². The second-order valence-electron chi connectivity index (χ2n) is 8.33. The van der Waals surface area contributed by atoms with Crippen molar-refractivity contribution in [2.45, 2.75) is 64.2 Å². The molecular weight excluding hydrogens is 342 g/mol. The van der Waals surface area contributed by atoms with E-state index in [0.29, 0.717) is 6.61 Å². The van der Waals surface area contributed by atoms with Gasteiger partial charge in [-0.1, -0.05) is 42.5 Å². The van der Waals surface area contributed by atoms with Crippen molar-refractivity contribution in [1.29, 1.82) is 0 Å². The number of rotatable bonds is 5. The van der Waals surface area contributed by atoms with Gasteiger partial charge in [-0.3, -0.25) is 9.59 Å². The van der Waals surface area contributed by atoms with E-state index in [-0.39, 0.29) is 11.5 Å². The number of esters is 1. The normalized spacial score (nSPS) is 25.9. The summed E-state index contributed by atoms with van der Waals surface area (Å²) in [5.74, 6) is -0.134. The van der Waals surface area contributed by atoms with Crippen LogP contribution >= 0.6 is 0 Å². The minimum atomic E-state index is -0.473. The Kier molecular flexibility index (Phi) is 6.82. The molecule has 27 heavy (non-hydrogen) atoms. The fraction of sp³-hybridized carbons (Fsp3) is 0.545. The van der Waals surface area contributed by atoms with E-state index in [1.54, 1.807) is 7.11 Å². The number of carbonyl (C=O) groups is 2. The molecule has 0 heterocycles. The molecule has 5 heteroatoms. The zero-order valence-electron chi connectivity index (χ0n) is 16.8. The summed E-state index contributed by atoms with van der Waals surface area (Å²) < 4.78 is 10.4. The lowest BCUT2D eigenvalue weighted by molar-refractivity contribution is -0.167. The van der Waals surface area contributed by atoms with Gasteiger partial charge in [0.2, 0.25) is 6.41 Å². The van der Waals surface area contributed by atoms with Crippen LogP contribution in [0.15, 0.2) is 42.5 Å². The molecule has 148 valence electrons. The van der Waals surface area contributed by atoms with Crippen molar-refractivity contribution in [2.24, 2.45) is 5.41 Å². The molecule has 1 amide bonds. The molecule has 0 spiro atoms. The average Bonchev–Trinajstić information content (AvgIpc) is 2.64. The number of nitrogens with one attached hydrogen (secondary N) is 1. The third kappa shape index (κ3) is 5.67. The van der Waals surface area contributed by atoms with Crippen LogP contribution in [0.1, 0.15) is 52.0 Å². The van der Waals surface area contributed by atoms with Crippen LogP contribution in [-0.2, 0) is 25.7 Å². The predicted molar refractivity (Wildman–Crippen MR) is 105 cm³/mol. The Morgan fingerprint density at radius 2 is 1.74 bits per heavy atom. The van der Waals surface area contributed by atoms with Crippen LogP contribution in [0.3, 0.4) is 0 Å². The van der Waals surface area contributed by atoms with Gasteiger partial charge < -0.3 is 14.8 Å². The summed E-state index contributed by atoms with van der Waals surface area (Å²) in [6, 6.07) is 10.1. The summed E-state index contributed by atoms with van der Waals surface area (Å²) in [4.78, 5) is 22.9. The van der Waals surface area contributed by atoms with Crippen LogP contribution in [0.2, 0.25) is 0 Å². The largest absolute Gasteiger partial charge is 0.459 e. The van der Waals surface area contributed by atoms with E-state index < -0.39 is 11.0 Å². The lowest BCUT2D eigenvalue weighted by atomic mass is 9.62. The fourth-order valence-corrected chi connectivity index (χ4v) is 3.50. The Hall–Kier alpha value is -2.14. The summed E-state index contributed by atoms with van der Waals surface area (Å²) in [5.41, 5.74) is 0.0673. The first kappa shape index (κ1) is 21.2. The first-order chi connectivity index (χ1) is 12.7. The highest BCUT2D eigenvalue weighted by molar-refractivity contribution is 5.80. The molecule has 1 aromatic carbocycles. The van der Waals surface area contributed by atoms with Gasteiger partial charge in [0.1, 0.15) is 5.60 Å². The molecule has 0 unspecified atom stereocenters. The smallest absolute Gasteiger partial charge is 0.316 e. The zero-order valence-corrected chi connectivity index (χ0v) is 16.8. The van der Waals surface area contributed by atoms with Crippen molar-refractivity contribution in [3.05, 3.63) is 48.0 Å². The number of carbonyl (C=O) groups excluding carboxylic acids is 2. The Labute approximate surface area is 162 Å². The molecule has 1 saturated carbocycles. The van der Waals surface area contributed by atoms with Gasteiger partial charge in [0.25, 0.3) is 0 Å². The zero-order chi connectivity index (χ0) is 20.0. The van der Waals surface area contributed by atoms with Gasteiger partial charge in [-0.25, -0.2) is 0 Å². The average molecular weight is 373 g/mol. The molecular formula is C22H31NO4. The Morgan fingerprint density at radius 3 is 2.19 bits per heavy atom. The minimum absolute atomic E-state index is 0.134. The van der Waals surface area contributed by atoms with E-state index in [1.165, 1.54) is 5.56 Å². The van der Waals surface area contributed by atoms with Crippen molar-refractivity contribution in [3.8, 4) is 0 Å². The molecule has 1 aromatic rings. The third-order valence-electron chi connectivity index (χ3n) is 5.06. The van der Waals surface area contributed by atoms with E-state index in [1.807, 2.05) is 63.3 Å². The first-order valence-electron chi connectivity index (χ1n) is 9.42. The highest BCUT2D eigenvalue weighted by Gasteiger charge is 2.50. The van der Waals surface area contributed by atoms with Crippen LogP contribution in [0.5, 0.6) is 0 Å². The Morgan fingerprint density at radius 1 is 1.11 bits per heavy atom. The van der Waals surface area contributed by atoms with Crippen LogP contribution < -0.4 is 5.32 Å². The molecule has 1 fully saturated rings. The highest BCUT2D eigenvalue weighted by atomic mass is 16.6. The monoisotopic (exact) mass is 373 g/mol. The van der Waals surface area contributed by atoms with Crippen molar-refractivity contribution >= 4 is 12.4 Å². The van der Waals surface area contributed by atoms with Crippen LogP contribution in [-0.4, -0.2) is 30.6 Å². The van der Waals surface area contributed by atoms with E-state index >= 15 is 0 Å². The van der Waals surface area contributed by atoms with Crippen molar-refractivity contribution in [1.82, 2.24) is 5.32 Å². The molecule has 0 saturated heterocycles. The molecule has 5 nitrogen and oxygen atoms in total. The van der Waals surface area contributed by atoms with Crippen molar-refractivity contribution in [2.75, 3.05) is 7.11 Å². The summed E-state index contributed by atoms with van der Waals surface area (Å²) in [6.07, 6.45) is 7.76. The molecule has 0 atom stereocenters. The number of hydrogen-bond donors (Lipinski definition) is 1. The lowest BCUT2D eigenvalue weighted by Gasteiger charge is -2.47. The topological polar surface area (TPSA) is 64.6 Å². The number of amides is 1. The van der Waals surface area contributed by atoms with Gasteiger partial charge >= 0.3 is 5.97 Å². The second-order valence-corrected chi connectivity index (χ2v) is 8.33. The number of benzene rings is 1. The molecule has 3 aliphatic carbocycles. The van der Waals surface area contributed by atoms with Crippen LogP contribution in [0.4, 0.5) is 0 Å². The number of fused-ring (bicyclic) bond motifs is 2. The summed E-state index contributed by atoms with van der Waals surface area (Å²) in [5, 5.41) is 2.87. The molecule has 0 radical (unpaired) electrons. The van der Waals surface area contributed by atoms with Gasteiger partial charge in [0, 0.05) is 7.11 Å². The van der Waals surface area contributed by atoms with E-state index in [9.17, 15) is 9.59 Å². The van der Waals surface area contributed by atoms with Crippen molar-refractivity contribution < 1.29 is 19.1 Å². The van der Waals surface area contributed by atoms with Crippen molar-refractivity contribution in [3.63, 3.8) is 0 Å². The minimum Gasteiger partial charge on any atom is -0.459 e. The summed E-state index contributed by atoms with van der Waals surface area (Å²) >= 11 is 0. The van der Waals surface area contributed by atoms with Crippen LogP contribution in [0, 0.1) is 5.41 Å². The molecule has 1 N–H and O–H groups in total. The summed E-state index contributed by atoms with van der Waals surface area (Å²) in [6.45, 7) is 6.36. The maximum atomic E-state index is 12.3. The highest BCUT2D eigenvalue weighted by Crippen LogP contribution is 2.48.